The first-order valence-corrected chi connectivity index (χ1v) is 6.30. The monoisotopic (exact) mass is 266 g/mol. The van der Waals surface area contributed by atoms with Gasteiger partial charge in [-0.05, 0) is 24.5 Å². The van der Waals surface area contributed by atoms with Gasteiger partial charge in [0, 0.05) is 0 Å². The highest BCUT2D eigenvalue weighted by Gasteiger charge is 2.22. The van der Waals surface area contributed by atoms with Crippen LogP contribution in [0.5, 0.6) is 5.75 Å². The van der Waals surface area contributed by atoms with Crippen molar-refractivity contribution < 1.29 is 24.9 Å². The van der Waals surface area contributed by atoms with Crippen LogP contribution < -0.4 is 0 Å². The predicted molar refractivity (Wildman–Crippen MR) is 69.9 cm³/mol. The number of aryl methyl sites for hydroxylation is 1. The van der Waals surface area contributed by atoms with Gasteiger partial charge in [0.25, 0.3) is 0 Å². The zero-order valence-corrected chi connectivity index (χ0v) is 10.8. The van der Waals surface area contributed by atoms with Crippen molar-refractivity contribution in [1.29, 1.82) is 0 Å². The van der Waals surface area contributed by atoms with Crippen LogP contribution in [0.2, 0.25) is 0 Å². The maximum Gasteiger partial charge on any atom is 0.340 e. The normalized spacial score (nSPS) is 10.4. The summed E-state index contributed by atoms with van der Waals surface area (Å²) >= 11 is 0. The predicted octanol–water partition coefficient (Wildman–Crippen LogP) is 2.91. The summed E-state index contributed by atoms with van der Waals surface area (Å²) in [6.07, 6.45) is 4.56. The quantitative estimate of drug-likeness (QED) is 0.659. The molecule has 0 aliphatic heterocycles. The minimum atomic E-state index is -1.43. The molecule has 0 radical (unpaired) electrons. The van der Waals surface area contributed by atoms with Crippen LogP contribution in [0.4, 0.5) is 0 Å². The number of carbonyl (C=O) groups is 2. The van der Waals surface area contributed by atoms with E-state index in [0.29, 0.717) is 12.0 Å². The summed E-state index contributed by atoms with van der Waals surface area (Å²) in [7, 11) is 0. The molecule has 0 bridgehead atoms. The van der Waals surface area contributed by atoms with Gasteiger partial charge in [-0.3, -0.25) is 0 Å². The average Bonchev–Trinajstić information content (AvgIpc) is 2.35. The van der Waals surface area contributed by atoms with E-state index < -0.39 is 23.3 Å². The van der Waals surface area contributed by atoms with Gasteiger partial charge in [0.1, 0.15) is 11.3 Å². The van der Waals surface area contributed by atoms with E-state index in [2.05, 4.69) is 6.92 Å². The molecule has 0 spiro atoms. The van der Waals surface area contributed by atoms with Crippen molar-refractivity contribution in [3.8, 4) is 5.75 Å². The highest BCUT2D eigenvalue weighted by molar-refractivity contribution is 6.04. The minimum Gasteiger partial charge on any atom is -0.507 e. The smallest absolute Gasteiger partial charge is 0.340 e. The standard InChI is InChI=1S/C14H18O5/c1-2-3-4-5-6-9-7-8-10(13(16)17)11(12(9)15)14(18)19/h7-8,15H,2-6H2,1H3,(H,16,17)(H,18,19). The maximum atomic E-state index is 11.1. The van der Waals surface area contributed by atoms with Crippen LogP contribution in [0.15, 0.2) is 12.1 Å². The molecule has 0 saturated heterocycles. The van der Waals surface area contributed by atoms with Gasteiger partial charge in [-0.2, -0.15) is 0 Å². The SMILES string of the molecule is CCCCCCc1ccc(C(=O)O)c(C(=O)O)c1O. The Morgan fingerprint density at radius 3 is 2.26 bits per heavy atom. The Kier molecular flexibility index (Phi) is 5.36. The number of unbranched alkanes of at least 4 members (excludes halogenated alkanes) is 3. The van der Waals surface area contributed by atoms with Crippen molar-refractivity contribution in [1.82, 2.24) is 0 Å². The maximum absolute atomic E-state index is 11.1. The highest BCUT2D eigenvalue weighted by Crippen LogP contribution is 2.28. The Balaban J connectivity index is 2.99. The molecule has 19 heavy (non-hydrogen) atoms. The van der Waals surface area contributed by atoms with Crippen molar-refractivity contribution in [2.24, 2.45) is 0 Å². The molecular formula is C14H18O5. The summed E-state index contributed by atoms with van der Waals surface area (Å²) < 4.78 is 0. The third kappa shape index (κ3) is 3.71. The lowest BCUT2D eigenvalue weighted by Gasteiger charge is -2.09. The number of carboxylic acids is 2. The lowest BCUT2D eigenvalue weighted by molar-refractivity contribution is 0.0648. The lowest BCUT2D eigenvalue weighted by atomic mass is 9.98. The molecule has 0 unspecified atom stereocenters. The number of hydrogen-bond donors (Lipinski definition) is 3. The number of hydrogen-bond acceptors (Lipinski definition) is 3. The van der Waals surface area contributed by atoms with E-state index in [9.17, 15) is 14.7 Å². The lowest BCUT2D eigenvalue weighted by Crippen LogP contribution is -2.09. The molecule has 0 saturated carbocycles. The fraction of sp³-hybridized carbons (Fsp3) is 0.429. The molecule has 0 atom stereocenters. The van der Waals surface area contributed by atoms with Gasteiger partial charge < -0.3 is 15.3 Å². The highest BCUT2D eigenvalue weighted by atomic mass is 16.4. The third-order valence-corrected chi connectivity index (χ3v) is 3.01. The van der Waals surface area contributed by atoms with Gasteiger partial charge in [0.15, 0.2) is 0 Å². The van der Waals surface area contributed by atoms with Gasteiger partial charge in [0.2, 0.25) is 0 Å². The Hall–Kier alpha value is -2.04. The van der Waals surface area contributed by atoms with Crippen LogP contribution >= 0.6 is 0 Å². The zero-order chi connectivity index (χ0) is 14.4. The largest absolute Gasteiger partial charge is 0.507 e. The van der Waals surface area contributed by atoms with Gasteiger partial charge in [-0.1, -0.05) is 32.3 Å². The first-order valence-electron chi connectivity index (χ1n) is 6.30. The Bertz CT molecular complexity index is 479. The summed E-state index contributed by atoms with van der Waals surface area (Å²) in [6, 6.07) is 2.72. The topological polar surface area (TPSA) is 94.8 Å². The van der Waals surface area contributed by atoms with Crippen LogP contribution in [-0.4, -0.2) is 27.3 Å². The second-order valence-corrected chi connectivity index (χ2v) is 4.42. The zero-order valence-electron chi connectivity index (χ0n) is 10.8. The Morgan fingerprint density at radius 2 is 1.74 bits per heavy atom. The number of carboxylic acid groups (broad SMARTS) is 2. The van der Waals surface area contributed by atoms with Crippen LogP contribution in [0.3, 0.4) is 0 Å². The van der Waals surface area contributed by atoms with Crippen molar-refractivity contribution in [2.75, 3.05) is 0 Å². The third-order valence-electron chi connectivity index (χ3n) is 3.01. The molecule has 0 fully saturated rings. The molecule has 1 aromatic carbocycles. The van der Waals surface area contributed by atoms with Gasteiger partial charge in [-0.15, -0.1) is 0 Å². The van der Waals surface area contributed by atoms with Crippen LogP contribution in [-0.2, 0) is 6.42 Å². The summed E-state index contributed by atoms with van der Waals surface area (Å²) in [6.45, 7) is 2.08. The van der Waals surface area contributed by atoms with E-state index >= 15 is 0 Å². The summed E-state index contributed by atoms with van der Waals surface area (Å²) in [5, 5.41) is 27.8. The number of aromatic carboxylic acids is 2. The molecule has 0 aliphatic rings. The molecule has 0 heterocycles. The van der Waals surface area contributed by atoms with Crippen LogP contribution in [0.1, 0.15) is 58.9 Å². The van der Waals surface area contributed by atoms with E-state index in [1.54, 1.807) is 0 Å². The summed E-state index contributed by atoms with van der Waals surface area (Å²) in [4.78, 5) is 22.0. The second kappa shape index (κ2) is 6.78. The molecule has 5 heteroatoms. The summed E-state index contributed by atoms with van der Waals surface area (Å²) in [5.41, 5.74) is -0.429. The van der Waals surface area contributed by atoms with Crippen LogP contribution in [0.25, 0.3) is 0 Å². The van der Waals surface area contributed by atoms with Crippen molar-refractivity contribution in [3.63, 3.8) is 0 Å². The number of benzene rings is 1. The average molecular weight is 266 g/mol. The molecule has 0 aliphatic carbocycles. The van der Waals surface area contributed by atoms with E-state index in [1.807, 2.05) is 0 Å². The number of rotatable bonds is 7. The molecule has 5 nitrogen and oxygen atoms in total. The molecular weight excluding hydrogens is 248 g/mol. The van der Waals surface area contributed by atoms with Crippen molar-refractivity contribution in [2.45, 2.75) is 39.0 Å². The summed E-state index contributed by atoms with van der Waals surface area (Å²) in [5.74, 6) is -3.21. The minimum absolute atomic E-state index is 0.387. The van der Waals surface area contributed by atoms with Gasteiger partial charge in [0.05, 0.1) is 5.56 Å². The Morgan fingerprint density at radius 1 is 1.05 bits per heavy atom. The van der Waals surface area contributed by atoms with E-state index in [1.165, 1.54) is 12.1 Å². The molecule has 1 aromatic rings. The molecule has 1 rings (SSSR count). The Labute approximate surface area is 111 Å². The molecule has 104 valence electrons. The van der Waals surface area contributed by atoms with E-state index in [4.69, 9.17) is 10.2 Å². The van der Waals surface area contributed by atoms with Gasteiger partial charge >= 0.3 is 11.9 Å². The molecule has 0 aromatic heterocycles. The van der Waals surface area contributed by atoms with E-state index in [-0.39, 0.29) is 5.56 Å². The molecule has 3 N–H and O–H groups in total. The van der Waals surface area contributed by atoms with Crippen LogP contribution in [0, 0.1) is 0 Å². The number of phenols is 1. The fourth-order valence-corrected chi connectivity index (χ4v) is 1.97. The first-order chi connectivity index (χ1) is 8.99. The van der Waals surface area contributed by atoms with E-state index in [0.717, 1.165) is 25.7 Å². The first kappa shape index (κ1) is 15.0. The second-order valence-electron chi connectivity index (χ2n) is 4.42. The van der Waals surface area contributed by atoms with Crippen molar-refractivity contribution in [3.05, 3.63) is 28.8 Å². The molecule has 0 amide bonds. The number of aromatic hydroxyl groups is 1. The van der Waals surface area contributed by atoms with Crippen molar-refractivity contribution >= 4 is 11.9 Å². The van der Waals surface area contributed by atoms with Gasteiger partial charge in [-0.25, -0.2) is 9.59 Å². The fourth-order valence-electron chi connectivity index (χ4n) is 1.97.